The number of nitrogens with one attached hydrogen (secondary N) is 1. The van der Waals surface area contributed by atoms with Gasteiger partial charge in [0, 0.05) is 12.3 Å². The van der Waals surface area contributed by atoms with Crippen LogP contribution in [0.3, 0.4) is 0 Å². The summed E-state index contributed by atoms with van der Waals surface area (Å²) < 4.78 is 35.1. The van der Waals surface area contributed by atoms with Crippen molar-refractivity contribution in [3.63, 3.8) is 0 Å². The van der Waals surface area contributed by atoms with Crippen LogP contribution in [0.15, 0.2) is 0 Å². The third kappa shape index (κ3) is 8.27. The molecule has 0 saturated heterocycles. The Morgan fingerprint density at radius 3 is 2.57 bits per heavy atom. The third-order valence-corrected chi connectivity index (χ3v) is 2.27. The molecule has 82 valence electrons. The van der Waals surface area contributed by atoms with Crippen molar-refractivity contribution in [2.75, 3.05) is 12.3 Å². The average Bonchev–Trinajstić information content (AvgIpc) is 2.08. The maximum absolute atomic E-state index is 11.7. The second kappa shape index (κ2) is 7.02. The van der Waals surface area contributed by atoms with Crippen molar-refractivity contribution in [2.45, 2.75) is 31.3 Å². The minimum atomic E-state index is -4.14. The Morgan fingerprint density at radius 1 is 1.50 bits per heavy atom. The van der Waals surface area contributed by atoms with E-state index < -0.39 is 5.51 Å². The van der Waals surface area contributed by atoms with Crippen LogP contribution in [0.4, 0.5) is 13.2 Å². The molecular formula is C9H14F3NS. The molecule has 0 spiro atoms. The van der Waals surface area contributed by atoms with Gasteiger partial charge in [0.2, 0.25) is 0 Å². The smallest absolute Gasteiger partial charge is 0.303 e. The normalized spacial score (nSPS) is 13.6. The van der Waals surface area contributed by atoms with Gasteiger partial charge in [0.1, 0.15) is 0 Å². The number of hydrogen-bond donors (Lipinski definition) is 1. The fraction of sp³-hybridized carbons (Fsp3) is 0.778. The van der Waals surface area contributed by atoms with Crippen LogP contribution in [0.25, 0.3) is 0 Å². The highest BCUT2D eigenvalue weighted by molar-refractivity contribution is 8.00. The number of hydrogen-bond acceptors (Lipinski definition) is 2. The van der Waals surface area contributed by atoms with Gasteiger partial charge in [-0.1, -0.05) is 19.3 Å². The van der Waals surface area contributed by atoms with E-state index in [0.717, 1.165) is 12.8 Å². The van der Waals surface area contributed by atoms with E-state index in [1.807, 2.05) is 6.92 Å². The zero-order chi connectivity index (χ0) is 11.0. The van der Waals surface area contributed by atoms with E-state index in [0.29, 0.717) is 6.54 Å². The number of alkyl halides is 3. The van der Waals surface area contributed by atoms with E-state index in [1.54, 1.807) is 0 Å². The molecule has 0 fully saturated rings. The van der Waals surface area contributed by atoms with Gasteiger partial charge in [0.05, 0.1) is 6.04 Å². The molecule has 0 saturated carbocycles. The van der Waals surface area contributed by atoms with Crippen molar-refractivity contribution in [2.24, 2.45) is 0 Å². The van der Waals surface area contributed by atoms with E-state index >= 15 is 0 Å². The summed E-state index contributed by atoms with van der Waals surface area (Å²) in [6, 6.07) is -0.103. The highest BCUT2D eigenvalue weighted by Crippen LogP contribution is 2.29. The van der Waals surface area contributed by atoms with Crippen LogP contribution in [0.2, 0.25) is 0 Å². The molecular weight excluding hydrogens is 211 g/mol. The maximum atomic E-state index is 11.7. The molecule has 0 rings (SSSR count). The predicted octanol–water partition coefficient (Wildman–Crippen LogP) is 2.63. The van der Waals surface area contributed by atoms with E-state index in [2.05, 4.69) is 11.2 Å². The first kappa shape index (κ1) is 13.7. The number of thioether (sulfide) groups is 1. The van der Waals surface area contributed by atoms with Crippen molar-refractivity contribution in [1.82, 2.24) is 5.32 Å². The minimum absolute atomic E-state index is 0.00535. The summed E-state index contributed by atoms with van der Waals surface area (Å²) in [5.74, 6) is 2.50. The highest BCUT2D eigenvalue weighted by atomic mass is 32.2. The first-order valence-corrected chi connectivity index (χ1v) is 5.38. The first-order chi connectivity index (χ1) is 6.49. The van der Waals surface area contributed by atoms with Gasteiger partial charge in [-0.3, -0.25) is 0 Å². The topological polar surface area (TPSA) is 12.0 Å². The molecule has 0 aromatic heterocycles. The van der Waals surface area contributed by atoms with Gasteiger partial charge in [0.15, 0.2) is 0 Å². The molecule has 1 atom stereocenters. The van der Waals surface area contributed by atoms with Gasteiger partial charge >= 0.3 is 5.51 Å². The fourth-order valence-electron chi connectivity index (χ4n) is 0.933. The van der Waals surface area contributed by atoms with Gasteiger partial charge in [-0.25, -0.2) is 0 Å². The van der Waals surface area contributed by atoms with Gasteiger partial charge in [0.25, 0.3) is 0 Å². The van der Waals surface area contributed by atoms with Crippen LogP contribution in [0.1, 0.15) is 19.8 Å². The molecule has 5 heteroatoms. The highest BCUT2D eigenvalue weighted by Gasteiger charge is 2.27. The lowest BCUT2D eigenvalue weighted by Crippen LogP contribution is -2.29. The maximum Gasteiger partial charge on any atom is 0.441 e. The summed E-state index contributed by atoms with van der Waals surface area (Å²) in [6.07, 6.45) is 6.91. The summed E-state index contributed by atoms with van der Waals surface area (Å²) in [7, 11) is 0. The molecule has 1 nitrogen and oxygen atoms in total. The average molecular weight is 225 g/mol. The van der Waals surface area contributed by atoms with E-state index in [1.165, 1.54) is 0 Å². The lowest BCUT2D eigenvalue weighted by molar-refractivity contribution is -0.0327. The fourth-order valence-corrected chi connectivity index (χ4v) is 1.38. The molecule has 0 aromatic rings. The van der Waals surface area contributed by atoms with E-state index in [9.17, 15) is 13.2 Å². The second-order valence-corrected chi connectivity index (χ2v) is 3.92. The monoisotopic (exact) mass is 225 g/mol. The standard InChI is InChI=1S/C9H14F3NS/c1-3-5-8(4-2)13-6-7-14-9(10,11)12/h2,8,13H,3,5-7H2,1H3. The third-order valence-electron chi connectivity index (χ3n) is 1.54. The molecule has 0 bridgehead atoms. The van der Waals surface area contributed by atoms with Crippen LogP contribution < -0.4 is 5.32 Å². The minimum Gasteiger partial charge on any atom is -0.303 e. The Kier molecular flexibility index (Phi) is 6.85. The van der Waals surface area contributed by atoms with E-state index in [-0.39, 0.29) is 23.6 Å². The van der Waals surface area contributed by atoms with Crippen LogP contribution in [0, 0.1) is 12.3 Å². The van der Waals surface area contributed by atoms with Crippen LogP contribution in [-0.4, -0.2) is 23.8 Å². The van der Waals surface area contributed by atoms with Crippen molar-refractivity contribution in [3.8, 4) is 12.3 Å². The summed E-state index contributed by atoms with van der Waals surface area (Å²) in [5, 5.41) is 2.89. The summed E-state index contributed by atoms with van der Waals surface area (Å²) in [4.78, 5) is 0. The van der Waals surface area contributed by atoms with Crippen molar-refractivity contribution in [3.05, 3.63) is 0 Å². The zero-order valence-electron chi connectivity index (χ0n) is 8.03. The Bertz CT molecular complexity index is 185. The quantitative estimate of drug-likeness (QED) is 0.551. The summed E-state index contributed by atoms with van der Waals surface area (Å²) >= 11 is -0.0270. The molecule has 0 radical (unpaired) electrons. The van der Waals surface area contributed by atoms with Gasteiger partial charge in [-0.2, -0.15) is 13.2 Å². The van der Waals surface area contributed by atoms with Crippen LogP contribution in [-0.2, 0) is 0 Å². The van der Waals surface area contributed by atoms with Gasteiger partial charge < -0.3 is 5.32 Å². The Labute approximate surface area is 86.8 Å². The number of terminal acetylenes is 1. The van der Waals surface area contributed by atoms with Gasteiger partial charge in [-0.15, -0.1) is 6.42 Å². The summed E-state index contributed by atoms with van der Waals surface area (Å²) in [5.41, 5.74) is -4.14. The summed E-state index contributed by atoms with van der Waals surface area (Å²) in [6.45, 7) is 2.27. The Balaban J connectivity index is 3.48. The zero-order valence-corrected chi connectivity index (χ0v) is 8.84. The molecule has 0 heterocycles. The largest absolute Gasteiger partial charge is 0.441 e. The molecule has 0 aromatic carbocycles. The number of halogens is 3. The molecule has 1 N–H and O–H groups in total. The molecule has 0 amide bonds. The Morgan fingerprint density at radius 2 is 2.14 bits per heavy atom. The van der Waals surface area contributed by atoms with Crippen molar-refractivity contribution >= 4 is 11.8 Å². The predicted molar refractivity (Wildman–Crippen MR) is 54.0 cm³/mol. The van der Waals surface area contributed by atoms with Crippen LogP contribution >= 0.6 is 11.8 Å². The molecule has 0 aliphatic rings. The second-order valence-electron chi connectivity index (χ2n) is 2.76. The number of rotatable bonds is 6. The Hall–Kier alpha value is -0.340. The van der Waals surface area contributed by atoms with E-state index in [4.69, 9.17) is 6.42 Å². The SMILES string of the molecule is C#CC(CCC)NCCSC(F)(F)F. The first-order valence-electron chi connectivity index (χ1n) is 4.39. The molecule has 1 unspecified atom stereocenters. The van der Waals surface area contributed by atoms with Crippen molar-refractivity contribution in [1.29, 1.82) is 0 Å². The van der Waals surface area contributed by atoms with Gasteiger partial charge in [-0.05, 0) is 18.2 Å². The lowest BCUT2D eigenvalue weighted by atomic mass is 10.2. The molecule has 0 aliphatic heterocycles. The lowest BCUT2D eigenvalue weighted by Gasteiger charge is -2.11. The van der Waals surface area contributed by atoms with Crippen molar-refractivity contribution < 1.29 is 13.2 Å². The van der Waals surface area contributed by atoms with Crippen LogP contribution in [0.5, 0.6) is 0 Å². The molecule has 0 aliphatic carbocycles. The molecule has 14 heavy (non-hydrogen) atoms.